The standard InChI is InChI=1S/C33H40N2O/c1-31-13-11-27-20-26-7-8-28(35-17-3-2-4-18-35)21-32(26)14-15-33(27,36-32)30(31)10-9-29(31)24-6-5-23-12-16-34-22-25(23)19-24/h5-6,11-12,16,19-20,22,28-30H,2-4,7-10,13-15,17-18,21H2,1H3/t28-,29-,30-,31-,32-,33-/m1/s1. The number of aromatic nitrogens is 1. The quantitative estimate of drug-likeness (QED) is 0.450. The maximum absolute atomic E-state index is 7.56. The summed E-state index contributed by atoms with van der Waals surface area (Å²) in [6.07, 6.45) is 23.4. The second kappa shape index (κ2) is 7.77. The van der Waals surface area contributed by atoms with E-state index in [1.807, 2.05) is 12.4 Å². The number of ether oxygens (including phenoxy) is 1. The molecule has 4 heterocycles. The summed E-state index contributed by atoms with van der Waals surface area (Å²) in [6, 6.07) is 9.99. The minimum Gasteiger partial charge on any atom is -0.359 e. The van der Waals surface area contributed by atoms with Crippen LogP contribution >= 0.6 is 0 Å². The molecule has 2 bridgehead atoms. The van der Waals surface area contributed by atoms with Crippen LogP contribution in [0.1, 0.15) is 89.0 Å². The lowest BCUT2D eigenvalue weighted by Gasteiger charge is -2.55. The summed E-state index contributed by atoms with van der Waals surface area (Å²) in [6.45, 7) is 5.20. The van der Waals surface area contributed by atoms with Gasteiger partial charge < -0.3 is 9.64 Å². The number of likely N-dealkylation sites (tertiary alicyclic amines) is 1. The summed E-state index contributed by atoms with van der Waals surface area (Å²) in [7, 11) is 0. The lowest BCUT2D eigenvalue weighted by atomic mass is 9.58. The minimum absolute atomic E-state index is 0.0165. The van der Waals surface area contributed by atoms with Gasteiger partial charge in [-0.05, 0) is 129 Å². The monoisotopic (exact) mass is 480 g/mol. The van der Waals surface area contributed by atoms with E-state index in [4.69, 9.17) is 4.74 Å². The van der Waals surface area contributed by atoms with Crippen LogP contribution in [0.15, 0.2) is 60.0 Å². The Hall–Kier alpha value is -1.97. The van der Waals surface area contributed by atoms with Crippen LogP contribution in [-0.2, 0) is 4.74 Å². The van der Waals surface area contributed by atoms with Crippen LogP contribution in [0, 0.1) is 11.3 Å². The number of pyridine rings is 1. The molecule has 0 amide bonds. The summed E-state index contributed by atoms with van der Waals surface area (Å²) in [5.41, 5.74) is 4.92. The number of nitrogens with zero attached hydrogens (tertiary/aromatic N) is 2. The molecule has 0 N–H and O–H groups in total. The molecule has 6 atom stereocenters. The van der Waals surface area contributed by atoms with Gasteiger partial charge in [0.05, 0.1) is 11.2 Å². The van der Waals surface area contributed by atoms with E-state index in [2.05, 4.69) is 53.2 Å². The lowest BCUT2D eigenvalue weighted by molar-refractivity contribution is -0.141. The maximum atomic E-state index is 7.56. The Kier molecular flexibility index (Phi) is 4.76. The normalized spacial score (nSPS) is 41.9. The van der Waals surface area contributed by atoms with E-state index in [1.165, 1.54) is 100 Å². The fourth-order valence-electron chi connectivity index (χ4n) is 9.85. The van der Waals surface area contributed by atoms with Crippen LogP contribution in [0.4, 0.5) is 0 Å². The van der Waals surface area contributed by atoms with Crippen LogP contribution in [0.2, 0.25) is 0 Å². The number of fused-ring (bicyclic) bond motifs is 2. The van der Waals surface area contributed by atoms with Crippen molar-refractivity contribution in [1.82, 2.24) is 9.88 Å². The van der Waals surface area contributed by atoms with Crippen molar-refractivity contribution in [2.45, 2.75) is 101 Å². The molecule has 6 aliphatic rings. The molecule has 0 unspecified atom stereocenters. The van der Waals surface area contributed by atoms with Gasteiger partial charge in [0.1, 0.15) is 0 Å². The Labute approximate surface area is 216 Å². The average Bonchev–Trinajstić information content (AvgIpc) is 3.43. The molecule has 188 valence electrons. The van der Waals surface area contributed by atoms with Gasteiger partial charge in [0, 0.05) is 23.8 Å². The van der Waals surface area contributed by atoms with E-state index in [-0.39, 0.29) is 16.6 Å². The first-order valence-corrected chi connectivity index (χ1v) is 14.8. The number of hydrogen-bond acceptors (Lipinski definition) is 3. The van der Waals surface area contributed by atoms with E-state index in [0.29, 0.717) is 11.8 Å². The number of piperidine rings is 1. The summed E-state index contributed by atoms with van der Waals surface area (Å²) >= 11 is 0. The van der Waals surface area contributed by atoms with Crippen LogP contribution in [0.25, 0.3) is 10.8 Å². The van der Waals surface area contributed by atoms with E-state index in [9.17, 15) is 0 Å². The second-order valence-electron chi connectivity index (χ2n) is 13.2. The van der Waals surface area contributed by atoms with Gasteiger partial charge in [0.2, 0.25) is 0 Å². The molecule has 2 saturated carbocycles. The molecule has 1 aromatic carbocycles. The van der Waals surface area contributed by atoms with Gasteiger partial charge >= 0.3 is 0 Å². The highest BCUT2D eigenvalue weighted by atomic mass is 16.5. The van der Waals surface area contributed by atoms with Crippen molar-refractivity contribution in [1.29, 1.82) is 0 Å². The van der Waals surface area contributed by atoms with Crippen LogP contribution in [0.5, 0.6) is 0 Å². The third-order valence-corrected chi connectivity index (χ3v) is 11.6. The number of allylic oxidation sites excluding steroid dienone is 1. The SMILES string of the molecule is C[C@]12CC=C3C=C4CC[C@@H](N5CCCCC5)C[C@]45CC[C@]3(O5)[C@@H]1CC[C@@H]2c1ccc2ccncc2c1. The molecular weight excluding hydrogens is 440 g/mol. The Morgan fingerprint density at radius 3 is 2.83 bits per heavy atom. The van der Waals surface area contributed by atoms with E-state index in [0.717, 1.165) is 6.04 Å². The highest BCUT2D eigenvalue weighted by molar-refractivity contribution is 5.82. The molecule has 3 nitrogen and oxygen atoms in total. The molecule has 2 aromatic rings. The molecule has 4 fully saturated rings. The lowest BCUT2D eigenvalue weighted by Crippen LogP contribution is -2.55. The van der Waals surface area contributed by atoms with Crippen LogP contribution in [-0.4, -0.2) is 40.2 Å². The van der Waals surface area contributed by atoms with E-state index >= 15 is 0 Å². The van der Waals surface area contributed by atoms with Gasteiger partial charge in [-0.1, -0.05) is 37.6 Å². The highest BCUT2D eigenvalue weighted by Gasteiger charge is 2.66. The summed E-state index contributed by atoms with van der Waals surface area (Å²) in [5.74, 6) is 1.21. The number of rotatable bonds is 2. The molecule has 2 saturated heterocycles. The third-order valence-electron chi connectivity index (χ3n) is 11.6. The van der Waals surface area contributed by atoms with Gasteiger partial charge in [0.15, 0.2) is 0 Å². The zero-order chi connectivity index (χ0) is 24.0. The smallest absolute Gasteiger partial charge is 0.0974 e. The maximum Gasteiger partial charge on any atom is 0.0974 e. The zero-order valence-electron chi connectivity index (χ0n) is 21.8. The molecule has 2 spiro atoms. The van der Waals surface area contributed by atoms with Crippen LogP contribution < -0.4 is 0 Å². The van der Waals surface area contributed by atoms with Crippen molar-refractivity contribution in [3.8, 4) is 0 Å². The van der Waals surface area contributed by atoms with Gasteiger partial charge in [-0.2, -0.15) is 0 Å². The fraction of sp³-hybridized carbons (Fsp3) is 0.606. The summed E-state index contributed by atoms with van der Waals surface area (Å²) in [5, 5.41) is 2.57. The average molecular weight is 481 g/mol. The molecule has 0 radical (unpaired) electrons. The molecule has 1 aromatic heterocycles. The van der Waals surface area contributed by atoms with Gasteiger partial charge in [-0.15, -0.1) is 0 Å². The van der Waals surface area contributed by atoms with Crippen molar-refractivity contribution in [2.75, 3.05) is 13.1 Å². The van der Waals surface area contributed by atoms with Crippen molar-refractivity contribution in [3.05, 3.63) is 65.5 Å². The molecular formula is C33H40N2O. The van der Waals surface area contributed by atoms with E-state index < -0.39 is 0 Å². The topological polar surface area (TPSA) is 25.4 Å². The van der Waals surface area contributed by atoms with Crippen molar-refractivity contribution in [2.24, 2.45) is 11.3 Å². The minimum atomic E-state index is -0.0482. The predicted molar refractivity (Wildman–Crippen MR) is 145 cm³/mol. The van der Waals surface area contributed by atoms with Crippen molar-refractivity contribution >= 4 is 10.8 Å². The van der Waals surface area contributed by atoms with Gasteiger partial charge in [-0.3, -0.25) is 4.98 Å². The highest BCUT2D eigenvalue weighted by Crippen LogP contribution is 2.69. The Balaban J connectivity index is 1.13. The molecule has 8 rings (SSSR count). The summed E-state index contributed by atoms with van der Waals surface area (Å²) < 4.78 is 7.56. The molecule has 3 heteroatoms. The number of benzene rings is 1. The first kappa shape index (κ1) is 22.1. The second-order valence-corrected chi connectivity index (χ2v) is 13.2. The Morgan fingerprint density at radius 1 is 1.00 bits per heavy atom. The predicted octanol–water partition coefficient (Wildman–Crippen LogP) is 7.33. The third kappa shape index (κ3) is 2.96. The zero-order valence-corrected chi connectivity index (χ0v) is 21.8. The van der Waals surface area contributed by atoms with Crippen molar-refractivity contribution in [3.63, 3.8) is 0 Å². The molecule has 3 aliphatic heterocycles. The first-order chi connectivity index (χ1) is 17.6. The Morgan fingerprint density at radius 2 is 1.92 bits per heavy atom. The molecule has 3 aliphatic carbocycles. The summed E-state index contributed by atoms with van der Waals surface area (Å²) in [4.78, 5) is 7.22. The fourth-order valence-corrected chi connectivity index (χ4v) is 9.85. The number of hydrogen-bond donors (Lipinski definition) is 0. The first-order valence-electron chi connectivity index (χ1n) is 14.8. The largest absolute Gasteiger partial charge is 0.359 e. The van der Waals surface area contributed by atoms with E-state index in [1.54, 1.807) is 11.1 Å². The van der Waals surface area contributed by atoms with Gasteiger partial charge in [-0.25, -0.2) is 0 Å². The van der Waals surface area contributed by atoms with Gasteiger partial charge in [0.25, 0.3) is 0 Å². The van der Waals surface area contributed by atoms with Crippen LogP contribution in [0.3, 0.4) is 0 Å². The Bertz CT molecular complexity index is 1270. The molecule has 36 heavy (non-hydrogen) atoms. The van der Waals surface area contributed by atoms with Crippen molar-refractivity contribution < 1.29 is 4.74 Å².